The van der Waals surface area contributed by atoms with Crippen LogP contribution in [0.25, 0.3) is 5.57 Å². The number of Topliss-reactive ketones (excluding diaryl/α,β-unsaturated/α-hetero) is 1. The van der Waals surface area contributed by atoms with Crippen molar-refractivity contribution < 1.29 is 9.53 Å². The number of hydrogen-bond donors (Lipinski definition) is 1. The highest BCUT2D eigenvalue weighted by molar-refractivity contribution is 6.23. The Morgan fingerprint density at radius 2 is 2.19 bits per heavy atom. The van der Waals surface area contributed by atoms with Gasteiger partial charge in [-0.05, 0) is 30.0 Å². The normalized spacial score (nSPS) is 15.5. The van der Waals surface area contributed by atoms with Gasteiger partial charge < -0.3 is 10.5 Å². The van der Waals surface area contributed by atoms with E-state index in [1.807, 2.05) is 25.1 Å². The van der Waals surface area contributed by atoms with Gasteiger partial charge in [0.15, 0.2) is 12.5 Å². The van der Waals surface area contributed by atoms with Gasteiger partial charge in [-0.1, -0.05) is 25.1 Å². The van der Waals surface area contributed by atoms with Crippen LogP contribution < -0.4 is 5.73 Å². The van der Waals surface area contributed by atoms with Crippen LogP contribution in [-0.2, 0) is 16.0 Å². The molecule has 1 aliphatic rings. The van der Waals surface area contributed by atoms with Gasteiger partial charge in [-0.3, -0.25) is 4.79 Å². The fourth-order valence-corrected chi connectivity index (χ4v) is 1.98. The molecule has 1 aromatic carbocycles. The van der Waals surface area contributed by atoms with E-state index in [4.69, 9.17) is 10.5 Å². The summed E-state index contributed by atoms with van der Waals surface area (Å²) in [6.45, 7) is 4.22. The first-order valence-corrected chi connectivity index (χ1v) is 5.39. The highest BCUT2D eigenvalue weighted by Crippen LogP contribution is 2.25. The second-order valence-corrected chi connectivity index (χ2v) is 3.95. The number of aryl methyl sites for hydroxylation is 2. The number of ketones is 1. The third kappa shape index (κ3) is 1.69. The van der Waals surface area contributed by atoms with Gasteiger partial charge in [0.05, 0.1) is 5.57 Å². The molecule has 0 radical (unpaired) electrons. The SMILES string of the molecule is CCc1ccc(C2=C(N)OCC2=O)cc1C. The number of nitrogens with two attached hydrogens (primary N) is 1. The van der Waals surface area contributed by atoms with Gasteiger partial charge in [0, 0.05) is 0 Å². The Hall–Kier alpha value is -1.77. The van der Waals surface area contributed by atoms with Crippen molar-refractivity contribution in [1.82, 2.24) is 0 Å². The molecule has 1 aliphatic heterocycles. The second-order valence-electron chi connectivity index (χ2n) is 3.95. The van der Waals surface area contributed by atoms with Crippen LogP contribution in [0.3, 0.4) is 0 Å². The summed E-state index contributed by atoms with van der Waals surface area (Å²) in [5.41, 5.74) is 9.50. The van der Waals surface area contributed by atoms with E-state index in [-0.39, 0.29) is 18.3 Å². The molecule has 3 nitrogen and oxygen atoms in total. The third-order valence-electron chi connectivity index (χ3n) is 2.90. The van der Waals surface area contributed by atoms with Gasteiger partial charge in [-0.2, -0.15) is 0 Å². The molecule has 0 amide bonds. The van der Waals surface area contributed by atoms with Crippen molar-refractivity contribution in [2.75, 3.05) is 6.61 Å². The summed E-state index contributed by atoms with van der Waals surface area (Å²) in [5, 5.41) is 0. The van der Waals surface area contributed by atoms with Crippen LogP contribution in [0.4, 0.5) is 0 Å². The molecule has 0 aliphatic carbocycles. The lowest BCUT2D eigenvalue weighted by atomic mass is 9.97. The van der Waals surface area contributed by atoms with Gasteiger partial charge in [0.1, 0.15) is 0 Å². The average Bonchev–Trinajstić information content (AvgIpc) is 2.58. The van der Waals surface area contributed by atoms with E-state index in [1.165, 1.54) is 11.1 Å². The molecule has 0 saturated heterocycles. The van der Waals surface area contributed by atoms with E-state index in [2.05, 4.69) is 6.92 Å². The molecule has 3 heteroatoms. The molecule has 16 heavy (non-hydrogen) atoms. The molecular weight excluding hydrogens is 202 g/mol. The maximum absolute atomic E-state index is 11.6. The number of rotatable bonds is 2. The van der Waals surface area contributed by atoms with Gasteiger partial charge >= 0.3 is 0 Å². The van der Waals surface area contributed by atoms with Crippen molar-refractivity contribution >= 4 is 11.4 Å². The van der Waals surface area contributed by atoms with Crippen LogP contribution >= 0.6 is 0 Å². The van der Waals surface area contributed by atoms with E-state index in [1.54, 1.807) is 0 Å². The molecule has 0 unspecified atom stereocenters. The summed E-state index contributed by atoms with van der Waals surface area (Å²) in [4.78, 5) is 11.6. The second kappa shape index (κ2) is 4.00. The molecule has 1 aromatic rings. The van der Waals surface area contributed by atoms with Gasteiger partial charge in [-0.25, -0.2) is 0 Å². The summed E-state index contributed by atoms with van der Waals surface area (Å²) in [6.07, 6.45) is 0.991. The molecule has 0 fully saturated rings. The molecule has 2 rings (SSSR count). The first-order chi connectivity index (χ1) is 7.63. The minimum atomic E-state index is -0.0406. The van der Waals surface area contributed by atoms with Crippen molar-refractivity contribution in [3.05, 3.63) is 40.8 Å². The quantitative estimate of drug-likeness (QED) is 0.821. The summed E-state index contributed by atoms with van der Waals surface area (Å²) < 4.78 is 5.04. The Morgan fingerprint density at radius 1 is 1.44 bits per heavy atom. The van der Waals surface area contributed by atoms with Crippen LogP contribution in [0.1, 0.15) is 23.6 Å². The van der Waals surface area contributed by atoms with Crippen molar-refractivity contribution in [2.45, 2.75) is 20.3 Å². The Bertz CT molecular complexity index is 475. The summed E-state index contributed by atoms with van der Waals surface area (Å²) in [7, 11) is 0. The van der Waals surface area contributed by atoms with Gasteiger partial charge in [-0.15, -0.1) is 0 Å². The van der Waals surface area contributed by atoms with Crippen LogP contribution in [0, 0.1) is 6.92 Å². The number of carbonyl (C=O) groups excluding carboxylic acids is 1. The third-order valence-corrected chi connectivity index (χ3v) is 2.90. The largest absolute Gasteiger partial charge is 0.470 e. The summed E-state index contributed by atoms with van der Waals surface area (Å²) in [6, 6.07) is 5.96. The zero-order valence-electron chi connectivity index (χ0n) is 9.54. The van der Waals surface area contributed by atoms with Crippen LogP contribution in [0.5, 0.6) is 0 Å². The smallest absolute Gasteiger partial charge is 0.206 e. The van der Waals surface area contributed by atoms with Crippen LogP contribution in [-0.4, -0.2) is 12.4 Å². The van der Waals surface area contributed by atoms with E-state index in [0.29, 0.717) is 5.57 Å². The number of ether oxygens (including phenoxy) is 1. The Morgan fingerprint density at radius 3 is 2.69 bits per heavy atom. The number of carbonyl (C=O) groups is 1. The molecule has 0 aromatic heterocycles. The monoisotopic (exact) mass is 217 g/mol. The molecule has 0 atom stereocenters. The lowest BCUT2D eigenvalue weighted by Crippen LogP contribution is -2.02. The standard InChI is InChI=1S/C13H15NO2/c1-3-9-4-5-10(6-8(9)2)12-11(15)7-16-13(12)14/h4-6H,3,7,14H2,1-2H3. The minimum Gasteiger partial charge on any atom is -0.470 e. The van der Waals surface area contributed by atoms with E-state index in [9.17, 15) is 4.79 Å². The van der Waals surface area contributed by atoms with Crippen molar-refractivity contribution in [1.29, 1.82) is 0 Å². The number of hydrogen-bond acceptors (Lipinski definition) is 3. The predicted octanol–water partition coefficient (Wildman–Crippen LogP) is 1.78. The molecule has 0 saturated carbocycles. The van der Waals surface area contributed by atoms with Gasteiger partial charge in [0.2, 0.25) is 5.78 Å². The maximum Gasteiger partial charge on any atom is 0.206 e. The number of benzene rings is 1. The fraction of sp³-hybridized carbons (Fsp3) is 0.308. The van der Waals surface area contributed by atoms with Crippen molar-refractivity contribution in [2.24, 2.45) is 5.73 Å². The maximum atomic E-state index is 11.6. The molecule has 1 heterocycles. The zero-order chi connectivity index (χ0) is 11.7. The zero-order valence-corrected chi connectivity index (χ0v) is 9.54. The molecule has 2 N–H and O–H groups in total. The Kier molecular flexibility index (Phi) is 2.69. The highest BCUT2D eigenvalue weighted by Gasteiger charge is 2.24. The first kappa shape index (κ1) is 10.7. The van der Waals surface area contributed by atoms with Crippen molar-refractivity contribution in [3.63, 3.8) is 0 Å². The van der Waals surface area contributed by atoms with Gasteiger partial charge in [0.25, 0.3) is 0 Å². The Balaban J connectivity index is 2.46. The average molecular weight is 217 g/mol. The molecule has 0 bridgehead atoms. The lowest BCUT2D eigenvalue weighted by Gasteiger charge is -2.06. The molecular formula is C13H15NO2. The Labute approximate surface area is 94.9 Å². The van der Waals surface area contributed by atoms with E-state index in [0.717, 1.165) is 12.0 Å². The minimum absolute atomic E-state index is 0.0406. The summed E-state index contributed by atoms with van der Waals surface area (Å²) >= 11 is 0. The topological polar surface area (TPSA) is 52.3 Å². The van der Waals surface area contributed by atoms with Crippen molar-refractivity contribution in [3.8, 4) is 0 Å². The van der Waals surface area contributed by atoms with Crippen LogP contribution in [0.15, 0.2) is 24.1 Å². The first-order valence-electron chi connectivity index (χ1n) is 5.39. The molecule has 0 spiro atoms. The highest BCUT2D eigenvalue weighted by atomic mass is 16.5. The predicted molar refractivity (Wildman–Crippen MR) is 62.6 cm³/mol. The summed E-state index contributed by atoms with van der Waals surface area (Å²) in [5.74, 6) is 0.204. The fourth-order valence-electron chi connectivity index (χ4n) is 1.98. The van der Waals surface area contributed by atoms with E-state index >= 15 is 0 Å². The lowest BCUT2D eigenvalue weighted by molar-refractivity contribution is -0.115. The van der Waals surface area contributed by atoms with E-state index < -0.39 is 0 Å². The van der Waals surface area contributed by atoms with Crippen LogP contribution in [0.2, 0.25) is 0 Å². The molecule has 84 valence electrons.